The molecule has 0 radical (unpaired) electrons. The summed E-state index contributed by atoms with van der Waals surface area (Å²) in [6.45, 7) is 1.68. The van der Waals surface area contributed by atoms with Gasteiger partial charge in [-0.1, -0.05) is 23.2 Å². The van der Waals surface area contributed by atoms with Crippen molar-refractivity contribution in [2.24, 2.45) is 0 Å². The number of rotatable bonds is 3. The molecule has 0 aliphatic rings. The van der Waals surface area contributed by atoms with Crippen molar-refractivity contribution in [1.82, 2.24) is 10.2 Å². The number of thiophene rings is 1. The van der Waals surface area contributed by atoms with Crippen LogP contribution in [0.15, 0.2) is 11.0 Å². The fourth-order valence-electron chi connectivity index (χ4n) is 1.21. The van der Waals surface area contributed by atoms with Gasteiger partial charge in [0.05, 0.1) is 15.7 Å². The van der Waals surface area contributed by atoms with Crippen molar-refractivity contribution in [2.45, 2.75) is 11.8 Å². The van der Waals surface area contributed by atoms with Gasteiger partial charge in [-0.15, -0.1) is 11.3 Å². The summed E-state index contributed by atoms with van der Waals surface area (Å²) in [5, 5.41) is 6.32. The number of halogens is 2. The number of hydrogen-bond acceptors (Lipinski definition) is 5. The van der Waals surface area contributed by atoms with Gasteiger partial charge < -0.3 is 5.73 Å². The number of H-pyrrole nitrogens is 1. The molecule has 0 bridgehead atoms. The summed E-state index contributed by atoms with van der Waals surface area (Å²) in [6, 6.07) is 1.27. The molecule has 0 amide bonds. The highest BCUT2D eigenvalue weighted by Crippen LogP contribution is 2.35. The second-order valence-corrected chi connectivity index (χ2v) is 7.34. The molecule has 0 aromatic carbocycles. The van der Waals surface area contributed by atoms with Gasteiger partial charge in [0.1, 0.15) is 9.23 Å². The highest BCUT2D eigenvalue weighted by Gasteiger charge is 2.23. The average molecular weight is 327 g/mol. The first-order chi connectivity index (χ1) is 8.31. The molecule has 0 unspecified atom stereocenters. The second kappa shape index (κ2) is 4.61. The Bertz CT molecular complexity index is 692. The minimum absolute atomic E-state index is 0.0332. The fraction of sp³-hybridized carbons (Fsp3) is 0.125. The number of aromatic nitrogens is 2. The summed E-state index contributed by atoms with van der Waals surface area (Å²) in [4.78, 5) is -0.0979. The Labute approximate surface area is 117 Å². The van der Waals surface area contributed by atoms with E-state index in [4.69, 9.17) is 28.9 Å². The van der Waals surface area contributed by atoms with Crippen molar-refractivity contribution in [3.8, 4) is 0 Å². The van der Waals surface area contributed by atoms with Gasteiger partial charge in [-0.25, -0.2) is 8.42 Å². The summed E-state index contributed by atoms with van der Waals surface area (Å²) < 4.78 is 26.7. The minimum Gasteiger partial charge on any atom is -0.394 e. The predicted molar refractivity (Wildman–Crippen MR) is 72.9 cm³/mol. The van der Waals surface area contributed by atoms with Crippen LogP contribution in [0.5, 0.6) is 0 Å². The number of nitrogens with two attached hydrogens (primary N) is 1. The summed E-state index contributed by atoms with van der Waals surface area (Å²) >= 11 is 12.5. The Morgan fingerprint density at radius 3 is 2.61 bits per heavy atom. The van der Waals surface area contributed by atoms with Crippen LogP contribution < -0.4 is 10.5 Å². The minimum atomic E-state index is -3.85. The lowest BCUT2D eigenvalue weighted by molar-refractivity contribution is 0.601. The Morgan fingerprint density at radius 2 is 2.17 bits per heavy atom. The molecule has 2 heterocycles. The van der Waals surface area contributed by atoms with Gasteiger partial charge in [-0.3, -0.25) is 9.82 Å². The van der Waals surface area contributed by atoms with E-state index >= 15 is 0 Å². The molecule has 98 valence electrons. The number of anilines is 2. The van der Waals surface area contributed by atoms with Crippen LogP contribution in [-0.2, 0) is 10.0 Å². The summed E-state index contributed by atoms with van der Waals surface area (Å²) in [7, 11) is -3.85. The molecular formula is C8H8Cl2N4O2S2. The van der Waals surface area contributed by atoms with Gasteiger partial charge in [-0.05, 0) is 13.0 Å². The van der Waals surface area contributed by atoms with Crippen molar-refractivity contribution < 1.29 is 8.42 Å². The van der Waals surface area contributed by atoms with Gasteiger partial charge in [0.25, 0.3) is 10.0 Å². The van der Waals surface area contributed by atoms with E-state index < -0.39 is 10.0 Å². The van der Waals surface area contributed by atoms with E-state index in [1.54, 1.807) is 6.92 Å². The standard InChI is InChI=1S/C8H8Cl2N4O2S2/c1-3-6(11)8(13-12-3)14-18(15,16)4-2-5(9)17-7(4)10/h2H,11H2,1H3,(H2,12,13,14). The number of aromatic amines is 1. The zero-order valence-corrected chi connectivity index (χ0v) is 12.1. The molecule has 0 saturated carbocycles. The van der Waals surface area contributed by atoms with E-state index in [1.807, 2.05) is 0 Å². The number of nitrogen functional groups attached to an aromatic ring is 1. The quantitative estimate of drug-likeness (QED) is 0.806. The molecule has 4 N–H and O–H groups in total. The molecular weight excluding hydrogens is 319 g/mol. The van der Waals surface area contributed by atoms with Crippen LogP contribution in [0.2, 0.25) is 8.67 Å². The summed E-state index contributed by atoms with van der Waals surface area (Å²) in [5.41, 5.74) is 6.46. The zero-order chi connectivity index (χ0) is 13.5. The molecule has 0 fully saturated rings. The maximum atomic E-state index is 12.0. The van der Waals surface area contributed by atoms with Gasteiger partial charge in [0.15, 0.2) is 5.82 Å². The van der Waals surface area contributed by atoms with Crippen LogP contribution in [0, 0.1) is 6.92 Å². The van der Waals surface area contributed by atoms with Gasteiger partial charge in [0.2, 0.25) is 0 Å². The van der Waals surface area contributed by atoms with E-state index in [0.717, 1.165) is 11.3 Å². The highest BCUT2D eigenvalue weighted by molar-refractivity contribution is 7.93. The largest absolute Gasteiger partial charge is 0.394 e. The molecule has 0 spiro atoms. The van der Waals surface area contributed by atoms with Crippen molar-refractivity contribution in [3.05, 3.63) is 20.4 Å². The van der Waals surface area contributed by atoms with E-state index in [1.165, 1.54) is 6.07 Å². The average Bonchev–Trinajstić information content (AvgIpc) is 2.75. The second-order valence-electron chi connectivity index (χ2n) is 3.40. The predicted octanol–water partition coefficient (Wildman–Crippen LogP) is 2.47. The molecule has 18 heavy (non-hydrogen) atoms. The normalized spacial score (nSPS) is 11.7. The topological polar surface area (TPSA) is 101 Å². The van der Waals surface area contributed by atoms with Crippen LogP contribution in [0.25, 0.3) is 0 Å². The van der Waals surface area contributed by atoms with E-state index in [-0.39, 0.29) is 25.1 Å². The lowest BCUT2D eigenvalue weighted by Gasteiger charge is -2.04. The van der Waals surface area contributed by atoms with Crippen molar-refractivity contribution >= 4 is 56.1 Å². The number of nitrogens with zero attached hydrogens (tertiary/aromatic N) is 1. The number of sulfonamides is 1. The van der Waals surface area contributed by atoms with Gasteiger partial charge in [-0.2, -0.15) is 5.10 Å². The van der Waals surface area contributed by atoms with Crippen molar-refractivity contribution in [1.29, 1.82) is 0 Å². The molecule has 0 saturated heterocycles. The van der Waals surface area contributed by atoms with Crippen LogP contribution in [-0.4, -0.2) is 18.6 Å². The van der Waals surface area contributed by atoms with Crippen LogP contribution in [0.4, 0.5) is 11.5 Å². The van der Waals surface area contributed by atoms with Crippen molar-refractivity contribution in [2.75, 3.05) is 10.5 Å². The molecule has 2 rings (SSSR count). The first-order valence-corrected chi connectivity index (χ1v) is 7.65. The third-order valence-corrected chi connectivity index (χ3v) is 5.23. The third kappa shape index (κ3) is 2.41. The van der Waals surface area contributed by atoms with E-state index in [2.05, 4.69) is 14.9 Å². The molecule has 0 aliphatic heterocycles. The third-order valence-electron chi connectivity index (χ3n) is 2.14. The lowest BCUT2D eigenvalue weighted by atomic mass is 10.4. The molecule has 6 nitrogen and oxygen atoms in total. The lowest BCUT2D eigenvalue weighted by Crippen LogP contribution is -2.13. The maximum Gasteiger partial charge on any atom is 0.265 e. The summed E-state index contributed by atoms with van der Waals surface area (Å²) in [5.74, 6) is 0.0332. The van der Waals surface area contributed by atoms with Crippen LogP contribution in [0.1, 0.15) is 5.69 Å². The Balaban J connectivity index is 2.39. The zero-order valence-electron chi connectivity index (χ0n) is 8.99. The molecule has 0 aliphatic carbocycles. The van der Waals surface area contributed by atoms with Gasteiger partial charge in [0, 0.05) is 0 Å². The Morgan fingerprint density at radius 1 is 1.50 bits per heavy atom. The first kappa shape index (κ1) is 13.5. The summed E-state index contributed by atoms with van der Waals surface area (Å²) in [6.07, 6.45) is 0. The molecule has 10 heteroatoms. The van der Waals surface area contributed by atoms with Crippen LogP contribution >= 0.6 is 34.5 Å². The van der Waals surface area contributed by atoms with Crippen molar-refractivity contribution in [3.63, 3.8) is 0 Å². The molecule has 0 atom stereocenters. The fourth-order valence-corrected chi connectivity index (χ4v) is 4.38. The smallest absolute Gasteiger partial charge is 0.265 e. The number of hydrogen-bond donors (Lipinski definition) is 3. The maximum absolute atomic E-state index is 12.0. The molecule has 2 aromatic rings. The Kier molecular flexibility index (Phi) is 3.45. The SMILES string of the molecule is Cc1[nH]nc(NS(=O)(=O)c2cc(Cl)sc2Cl)c1N. The number of aryl methyl sites for hydroxylation is 1. The first-order valence-electron chi connectivity index (χ1n) is 4.59. The van der Waals surface area contributed by atoms with E-state index in [9.17, 15) is 8.42 Å². The highest BCUT2D eigenvalue weighted by atomic mass is 35.5. The number of nitrogens with one attached hydrogen (secondary N) is 2. The van der Waals surface area contributed by atoms with Gasteiger partial charge >= 0.3 is 0 Å². The Hall–Kier alpha value is -0.960. The molecule has 2 aromatic heterocycles. The van der Waals surface area contributed by atoms with E-state index in [0.29, 0.717) is 5.69 Å². The monoisotopic (exact) mass is 326 g/mol. The van der Waals surface area contributed by atoms with Crippen LogP contribution in [0.3, 0.4) is 0 Å².